The summed E-state index contributed by atoms with van der Waals surface area (Å²) in [4.78, 5) is 14.4. The maximum atomic E-state index is 12.2. The van der Waals surface area contributed by atoms with Crippen LogP contribution >= 0.6 is 0 Å². The minimum Gasteiger partial charge on any atom is -0.380 e. The molecule has 2 rings (SSSR count). The summed E-state index contributed by atoms with van der Waals surface area (Å²) >= 11 is 0. The standard InChI is InChI=1S/C19H26N2O2/c1-19(2,3)21-10-8-17(9-11-21)20-18(22)13-15-6-5-7-16(12-15)14-23-4/h5-10,12H,11,13-14H2,1-4H3,(H,20,22). The Kier molecular flexibility index (Phi) is 5.61. The molecule has 0 bridgehead atoms. The van der Waals surface area contributed by atoms with Crippen molar-refractivity contribution < 1.29 is 9.53 Å². The van der Waals surface area contributed by atoms with Gasteiger partial charge in [0.2, 0.25) is 5.91 Å². The maximum Gasteiger partial charge on any atom is 0.228 e. The lowest BCUT2D eigenvalue weighted by atomic mass is 10.1. The Bertz CT molecular complexity index is 612. The molecule has 4 heteroatoms. The first-order valence-electron chi connectivity index (χ1n) is 7.90. The van der Waals surface area contributed by atoms with Crippen LogP contribution < -0.4 is 5.32 Å². The fourth-order valence-electron chi connectivity index (χ4n) is 2.47. The molecule has 0 unspecified atom stereocenters. The summed E-state index contributed by atoms with van der Waals surface area (Å²) in [5.74, 6) is -0.000300. The zero-order valence-corrected chi connectivity index (χ0v) is 14.4. The molecule has 0 atom stereocenters. The van der Waals surface area contributed by atoms with E-state index in [-0.39, 0.29) is 11.4 Å². The predicted molar refractivity (Wildman–Crippen MR) is 92.7 cm³/mol. The Morgan fingerprint density at radius 2 is 2.04 bits per heavy atom. The largest absolute Gasteiger partial charge is 0.380 e. The van der Waals surface area contributed by atoms with E-state index in [0.29, 0.717) is 13.0 Å². The third-order valence-corrected chi connectivity index (χ3v) is 3.75. The molecule has 23 heavy (non-hydrogen) atoms. The van der Waals surface area contributed by atoms with Gasteiger partial charge in [-0.25, -0.2) is 0 Å². The molecule has 1 aliphatic rings. The number of nitrogens with zero attached hydrogens (tertiary/aromatic N) is 1. The molecule has 1 aromatic carbocycles. The van der Waals surface area contributed by atoms with Gasteiger partial charge in [0.15, 0.2) is 0 Å². The highest BCUT2D eigenvalue weighted by molar-refractivity contribution is 5.80. The number of rotatable bonds is 5. The van der Waals surface area contributed by atoms with Crippen LogP contribution in [-0.2, 0) is 22.6 Å². The van der Waals surface area contributed by atoms with Crippen molar-refractivity contribution in [3.05, 3.63) is 59.4 Å². The van der Waals surface area contributed by atoms with E-state index in [1.54, 1.807) is 7.11 Å². The molecule has 0 spiro atoms. The molecule has 0 fully saturated rings. The number of carbonyl (C=O) groups excluding carboxylic acids is 1. The molecule has 0 saturated carbocycles. The number of amides is 1. The quantitative estimate of drug-likeness (QED) is 0.908. The lowest BCUT2D eigenvalue weighted by molar-refractivity contribution is -0.119. The maximum absolute atomic E-state index is 12.2. The molecular weight excluding hydrogens is 288 g/mol. The van der Waals surface area contributed by atoms with Gasteiger partial charge in [-0.3, -0.25) is 4.79 Å². The second-order valence-corrected chi connectivity index (χ2v) is 6.78. The van der Waals surface area contributed by atoms with E-state index in [0.717, 1.165) is 23.4 Å². The fourth-order valence-corrected chi connectivity index (χ4v) is 2.47. The zero-order chi connectivity index (χ0) is 16.9. The zero-order valence-electron chi connectivity index (χ0n) is 14.4. The molecule has 0 saturated heterocycles. The Labute approximate surface area is 138 Å². The Hall–Kier alpha value is -2.07. The first kappa shape index (κ1) is 17.3. The van der Waals surface area contributed by atoms with Crippen molar-refractivity contribution in [1.29, 1.82) is 0 Å². The van der Waals surface area contributed by atoms with E-state index in [1.807, 2.05) is 42.6 Å². The average Bonchev–Trinajstić information content (AvgIpc) is 2.47. The number of hydrogen-bond donors (Lipinski definition) is 1. The number of allylic oxidation sites excluding steroid dienone is 1. The summed E-state index contributed by atoms with van der Waals surface area (Å²) in [6.07, 6.45) is 6.40. The van der Waals surface area contributed by atoms with Gasteiger partial charge in [-0.05, 0) is 44.1 Å². The molecule has 1 amide bonds. The van der Waals surface area contributed by atoms with Crippen LogP contribution in [0.15, 0.2) is 48.3 Å². The fraction of sp³-hybridized carbons (Fsp3) is 0.421. The van der Waals surface area contributed by atoms with E-state index in [9.17, 15) is 4.79 Å². The molecule has 1 aromatic rings. The van der Waals surface area contributed by atoms with Gasteiger partial charge in [0, 0.05) is 31.1 Å². The van der Waals surface area contributed by atoms with Crippen LogP contribution in [-0.4, -0.2) is 30.0 Å². The second kappa shape index (κ2) is 7.47. The molecule has 124 valence electrons. The van der Waals surface area contributed by atoms with Crippen molar-refractivity contribution in [2.45, 2.75) is 39.3 Å². The number of hydrogen-bond acceptors (Lipinski definition) is 3. The van der Waals surface area contributed by atoms with Crippen molar-refractivity contribution in [2.24, 2.45) is 0 Å². The summed E-state index contributed by atoms with van der Waals surface area (Å²) in [5, 5.41) is 2.97. The monoisotopic (exact) mass is 314 g/mol. The van der Waals surface area contributed by atoms with Gasteiger partial charge in [0.1, 0.15) is 0 Å². The highest BCUT2D eigenvalue weighted by Crippen LogP contribution is 2.17. The summed E-state index contributed by atoms with van der Waals surface area (Å²) < 4.78 is 5.12. The number of ether oxygens (including phenoxy) is 1. The lowest BCUT2D eigenvalue weighted by Gasteiger charge is -2.35. The first-order valence-corrected chi connectivity index (χ1v) is 7.90. The van der Waals surface area contributed by atoms with Crippen molar-refractivity contribution in [3.8, 4) is 0 Å². The summed E-state index contributed by atoms with van der Waals surface area (Å²) in [6.45, 7) is 7.87. The molecular formula is C19H26N2O2. The molecule has 1 N–H and O–H groups in total. The van der Waals surface area contributed by atoms with Crippen LogP contribution in [0.2, 0.25) is 0 Å². The average molecular weight is 314 g/mol. The SMILES string of the molecule is COCc1cccc(CC(=O)NC2=CCN(C(C)(C)C)C=C2)c1. The number of carbonyl (C=O) groups is 1. The van der Waals surface area contributed by atoms with Crippen LogP contribution in [0, 0.1) is 0 Å². The van der Waals surface area contributed by atoms with Crippen molar-refractivity contribution in [3.63, 3.8) is 0 Å². The number of nitrogens with one attached hydrogen (secondary N) is 1. The highest BCUT2D eigenvalue weighted by atomic mass is 16.5. The van der Waals surface area contributed by atoms with Crippen LogP contribution in [0.4, 0.5) is 0 Å². The van der Waals surface area contributed by atoms with E-state index >= 15 is 0 Å². The molecule has 1 aliphatic heterocycles. The van der Waals surface area contributed by atoms with Crippen molar-refractivity contribution in [2.75, 3.05) is 13.7 Å². The minimum atomic E-state index is -0.000300. The smallest absolute Gasteiger partial charge is 0.228 e. The first-order chi connectivity index (χ1) is 10.9. The molecule has 0 aliphatic carbocycles. The molecule has 0 radical (unpaired) electrons. The van der Waals surface area contributed by atoms with Crippen molar-refractivity contribution in [1.82, 2.24) is 10.2 Å². The van der Waals surface area contributed by atoms with Crippen LogP contribution in [0.5, 0.6) is 0 Å². The van der Waals surface area contributed by atoms with Gasteiger partial charge < -0.3 is 15.0 Å². The Morgan fingerprint density at radius 3 is 2.65 bits per heavy atom. The Morgan fingerprint density at radius 1 is 1.30 bits per heavy atom. The molecule has 0 aromatic heterocycles. The van der Waals surface area contributed by atoms with Gasteiger partial charge in [-0.15, -0.1) is 0 Å². The topological polar surface area (TPSA) is 41.6 Å². The normalized spacial score (nSPS) is 14.6. The van der Waals surface area contributed by atoms with Crippen molar-refractivity contribution >= 4 is 5.91 Å². The predicted octanol–water partition coefficient (Wildman–Crippen LogP) is 3.00. The van der Waals surface area contributed by atoms with Gasteiger partial charge in [-0.1, -0.05) is 24.3 Å². The third kappa shape index (κ3) is 5.25. The van der Waals surface area contributed by atoms with Crippen LogP contribution in [0.1, 0.15) is 31.9 Å². The number of benzene rings is 1. The van der Waals surface area contributed by atoms with Gasteiger partial charge in [0.25, 0.3) is 0 Å². The van der Waals surface area contributed by atoms with E-state index in [2.05, 4.69) is 31.0 Å². The highest BCUT2D eigenvalue weighted by Gasteiger charge is 2.19. The summed E-state index contributed by atoms with van der Waals surface area (Å²) in [7, 11) is 1.67. The van der Waals surface area contributed by atoms with Crippen LogP contribution in [0.25, 0.3) is 0 Å². The van der Waals surface area contributed by atoms with Gasteiger partial charge >= 0.3 is 0 Å². The van der Waals surface area contributed by atoms with Crippen LogP contribution in [0.3, 0.4) is 0 Å². The summed E-state index contributed by atoms with van der Waals surface area (Å²) in [6, 6.07) is 7.93. The second-order valence-electron chi connectivity index (χ2n) is 6.78. The van der Waals surface area contributed by atoms with E-state index in [4.69, 9.17) is 4.74 Å². The lowest BCUT2D eigenvalue weighted by Crippen LogP contribution is -2.39. The van der Waals surface area contributed by atoms with Gasteiger partial charge in [-0.2, -0.15) is 0 Å². The minimum absolute atomic E-state index is 0.000300. The van der Waals surface area contributed by atoms with Gasteiger partial charge in [0.05, 0.1) is 13.0 Å². The van der Waals surface area contributed by atoms with E-state index in [1.165, 1.54) is 0 Å². The third-order valence-electron chi connectivity index (χ3n) is 3.75. The summed E-state index contributed by atoms with van der Waals surface area (Å²) in [5.41, 5.74) is 3.03. The molecule has 4 nitrogen and oxygen atoms in total. The number of methoxy groups -OCH3 is 1. The Balaban J connectivity index is 1.90. The van der Waals surface area contributed by atoms with E-state index < -0.39 is 0 Å². The molecule has 1 heterocycles.